The highest BCUT2D eigenvalue weighted by Gasteiger charge is 2.19. The second-order valence-corrected chi connectivity index (χ2v) is 5.66. The van der Waals surface area contributed by atoms with Crippen LogP contribution in [0.3, 0.4) is 0 Å². The minimum absolute atomic E-state index is 0.129. The van der Waals surface area contributed by atoms with Crippen molar-refractivity contribution in [3.63, 3.8) is 0 Å². The molecule has 6 heteroatoms. The SMILES string of the molecule is COc1ccccc1NC(=O)c1nc2cc(C)c(C)cc2nc1OC. The highest BCUT2D eigenvalue weighted by molar-refractivity contribution is 6.06. The van der Waals surface area contributed by atoms with Crippen LogP contribution < -0.4 is 14.8 Å². The summed E-state index contributed by atoms with van der Waals surface area (Å²) in [4.78, 5) is 21.6. The fourth-order valence-electron chi connectivity index (χ4n) is 2.52. The molecule has 0 atom stereocenters. The van der Waals surface area contributed by atoms with Gasteiger partial charge in [0, 0.05) is 0 Å². The van der Waals surface area contributed by atoms with E-state index in [9.17, 15) is 4.79 Å². The summed E-state index contributed by atoms with van der Waals surface area (Å²) in [7, 11) is 3.02. The number of benzene rings is 2. The first-order chi connectivity index (χ1) is 12.0. The lowest BCUT2D eigenvalue weighted by molar-refractivity contribution is 0.101. The average molecular weight is 337 g/mol. The van der Waals surface area contributed by atoms with E-state index < -0.39 is 5.91 Å². The molecule has 128 valence electrons. The Labute approximate surface area is 145 Å². The van der Waals surface area contributed by atoms with E-state index in [0.717, 1.165) is 11.1 Å². The van der Waals surface area contributed by atoms with E-state index in [1.165, 1.54) is 7.11 Å². The third-order valence-corrected chi connectivity index (χ3v) is 4.01. The highest BCUT2D eigenvalue weighted by atomic mass is 16.5. The molecule has 25 heavy (non-hydrogen) atoms. The number of amides is 1. The number of carbonyl (C=O) groups excluding carboxylic acids is 1. The topological polar surface area (TPSA) is 73.3 Å². The third-order valence-electron chi connectivity index (χ3n) is 4.01. The van der Waals surface area contributed by atoms with Gasteiger partial charge in [-0.1, -0.05) is 12.1 Å². The maximum atomic E-state index is 12.7. The molecular formula is C19H19N3O3. The molecule has 0 aliphatic heterocycles. The average Bonchev–Trinajstić information content (AvgIpc) is 2.62. The summed E-state index contributed by atoms with van der Waals surface area (Å²) in [5.41, 5.74) is 4.21. The molecule has 6 nitrogen and oxygen atoms in total. The Morgan fingerprint density at radius 3 is 2.24 bits per heavy atom. The van der Waals surface area contributed by atoms with Gasteiger partial charge in [0.25, 0.3) is 5.91 Å². The van der Waals surface area contributed by atoms with Crippen molar-refractivity contribution in [3.05, 3.63) is 53.2 Å². The van der Waals surface area contributed by atoms with Gasteiger partial charge in [0.1, 0.15) is 5.75 Å². The molecule has 1 heterocycles. The first-order valence-electron chi connectivity index (χ1n) is 7.81. The molecule has 3 aromatic rings. The van der Waals surface area contributed by atoms with Crippen LogP contribution in [0.4, 0.5) is 5.69 Å². The fraction of sp³-hybridized carbons (Fsp3) is 0.211. The van der Waals surface area contributed by atoms with Gasteiger partial charge in [-0.05, 0) is 49.2 Å². The minimum atomic E-state index is -0.408. The van der Waals surface area contributed by atoms with Crippen LogP contribution in [0.2, 0.25) is 0 Å². The van der Waals surface area contributed by atoms with Crippen molar-refractivity contribution >= 4 is 22.6 Å². The first-order valence-corrected chi connectivity index (χ1v) is 7.81. The molecule has 2 aromatic carbocycles. The van der Waals surface area contributed by atoms with E-state index in [4.69, 9.17) is 9.47 Å². The molecule has 0 saturated heterocycles. The first kappa shape index (κ1) is 16.7. The van der Waals surface area contributed by atoms with Gasteiger partial charge >= 0.3 is 0 Å². The Bertz CT molecular complexity index is 954. The largest absolute Gasteiger partial charge is 0.495 e. The van der Waals surface area contributed by atoms with Gasteiger partial charge in [0.15, 0.2) is 5.69 Å². The number of rotatable bonds is 4. The molecule has 0 fully saturated rings. The molecule has 1 amide bonds. The summed E-state index contributed by atoms with van der Waals surface area (Å²) in [6.07, 6.45) is 0. The second kappa shape index (κ2) is 6.76. The molecule has 0 saturated carbocycles. The summed E-state index contributed by atoms with van der Waals surface area (Å²) < 4.78 is 10.5. The van der Waals surface area contributed by atoms with Crippen LogP contribution in [0.25, 0.3) is 11.0 Å². The molecule has 0 aliphatic rings. The summed E-state index contributed by atoms with van der Waals surface area (Å²) in [5.74, 6) is 0.340. The van der Waals surface area contributed by atoms with Gasteiger partial charge in [0.05, 0.1) is 30.9 Å². The van der Waals surface area contributed by atoms with E-state index in [1.807, 2.05) is 38.1 Å². The number of fused-ring (bicyclic) bond motifs is 1. The Morgan fingerprint density at radius 1 is 0.960 bits per heavy atom. The lowest BCUT2D eigenvalue weighted by Crippen LogP contribution is -2.16. The second-order valence-electron chi connectivity index (χ2n) is 5.66. The van der Waals surface area contributed by atoms with Crippen molar-refractivity contribution < 1.29 is 14.3 Å². The summed E-state index contributed by atoms with van der Waals surface area (Å²) >= 11 is 0. The number of carbonyl (C=O) groups is 1. The standard InChI is InChI=1S/C19H19N3O3/c1-11-9-14-15(10-12(11)2)22-19(25-4)17(20-14)18(23)21-13-7-5-6-8-16(13)24-3/h5-10H,1-4H3,(H,21,23). The van der Waals surface area contributed by atoms with Crippen LogP contribution in [0.15, 0.2) is 36.4 Å². The molecule has 3 rings (SSSR count). The van der Waals surface area contributed by atoms with Gasteiger partial charge in [0.2, 0.25) is 5.88 Å². The Kier molecular flexibility index (Phi) is 4.52. The smallest absolute Gasteiger partial charge is 0.280 e. The lowest BCUT2D eigenvalue weighted by atomic mass is 10.1. The Morgan fingerprint density at radius 2 is 1.60 bits per heavy atom. The number of methoxy groups -OCH3 is 2. The van der Waals surface area contributed by atoms with Gasteiger partial charge in [-0.3, -0.25) is 4.79 Å². The third kappa shape index (κ3) is 3.24. The zero-order valence-corrected chi connectivity index (χ0v) is 14.6. The fourth-order valence-corrected chi connectivity index (χ4v) is 2.52. The van der Waals surface area contributed by atoms with Crippen molar-refractivity contribution in [3.8, 4) is 11.6 Å². The van der Waals surface area contributed by atoms with E-state index >= 15 is 0 Å². The number of anilines is 1. The number of nitrogens with zero attached hydrogens (tertiary/aromatic N) is 2. The Balaban J connectivity index is 2.04. The van der Waals surface area contributed by atoms with Crippen LogP contribution in [0.1, 0.15) is 21.6 Å². The van der Waals surface area contributed by atoms with Gasteiger partial charge in [-0.15, -0.1) is 0 Å². The zero-order chi connectivity index (χ0) is 18.0. The van der Waals surface area contributed by atoms with Gasteiger partial charge < -0.3 is 14.8 Å². The minimum Gasteiger partial charge on any atom is -0.495 e. The molecule has 0 radical (unpaired) electrons. The normalized spacial score (nSPS) is 10.6. The lowest BCUT2D eigenvalue weighted by Gasteiger charge is -2.12. The maximum absolute atomic E-state index is 12.7. The monoisotopic (exact) mass is 337 g/mol. The van der Waals surface area contributed by atoms with Crippen molar-refractivity contribution in [2.24, 2.45) is 0 Å². The van der Waals surface area contributed by atoms with Crippen LogP contribution in [-0.2, 0) is 0 Å². The summed E-state index contributed by atoms with van der Waals surface area (Å²) in [6, 6.07) is 11.0. The van der Waals surface area contributed by atoms with Crippen molar-refractivity contribution in [2.45, 2.75) is 13.8 Å². The number of hydrogen-bond donors (Lipinski definition) is 1. The number of ether oxygens (including phenoxy) is 2. The highest BCUT2D eigenvalue weighted by Crippen LogP contribution is 2.26. The van der Waals surface area contributed by atoms with Crippen LogP contribution in [0.5, 0.6) is 11.6 Å². The molecular weight excluding hydrogens is 318 g/mol. The number of para-hydroxylation sites is 2. The molecule has 0 unspecified atom stereocenters. The summed E-state index contributed by atoms with van der Waals surface area (Å²) in [5, 5.41) is 2.80. The number of aryl methyl sites for hydroxylation is 2. The van der Waals surface area contributed by atoms with E-state index in [1.54, 1.807) is 19.2 Å². The predicted molar refractivity (Wildman–Crippen MR) is 96.5 cm³/mol. The van der Waals surface area contributed by atoms with E-state index in [0.29, 0.717) is 22.5 Å². The van der Waals surface area contributed by atoms with Crippen molar-refractivity contribution in [1.82, 2.24) is 9.97 Å². The van der Waals surface area contributed by atoms with Gasteiger partial charge in [-0.2, -0.15) is 0 Å². The molecule has 0 aliphatic carbocycles. The van der Waals surface area contributed by atoms with E-state index in [2.05, 4.69) is 15.3 Å². The molecule has 1 aromatic heterocycles. The number of hydrogen-bond acceptors (Lipinski definition) is 5. The predicted octanol–water partition coefficient (Wildman–Crippen LogP) is 3.52. The molecule has 1 N–H and O–H groups in total. The van der Waals surface area contributed by atoms with E-state index in [-0.39, 0.29) is 11.6 Å². The zero-order valence-electron chi connectivity index (χ0n) is 14.6. The van der Waals surface area contributed by atoms with Crippen molar-refractivity contribution in [1.29, 1.82) is 0 Å². The van der Waals surface area contributed by atoms with Crippen LogP contribution in [0, 0.1) is 13.8 Å². The van der Waals surface area contributed by atoms with Crippen molar-refractivity contribution in [2.75, 3.05) is 19.5 Å². The summed E-state index contributed by atoms with van der Waals surface area (Å²) in [6.45, 7) is 4.00. The number of nitrogens with one attached hydrogen (secondary N) is 1. The van der Waals surface area contributed by atoms with Crippen LogP contribution in [-0.4, -0.2) is 30.1 Å². The molecule has 0 spiro atoms. The maximum Gasteiger partial charge on any atom is 0.280 e. The molecule has 0 bridgehead atoms. The van der Waals surface area contributed by atoms with Gasteiger partial charge in [-0.25, -0.2) is 9.97 Å². The quantitative estimate of drug-likeness (QED) is 0.788. The van der Waals surface area contributed by atoms with Crippen LogP contribution >= 0.6 is 0 Å². The Hall–Kier alpha value is -3.15. The number of aromatic nitrogens is 2.